The van der Waals surface area contributed by atoms with E-state index in [1.54, 1.807) is 4.90 Å². The normalized spacial score (nSPS) is 19.8. The van der Waals surface area contributed by atoms with Crippen LogP contribution in [0.15, 0.2) is 6.20 Å². The Morgan fingerprint density at radius 3 is 2.58 bits per heavy atom. The van der Waals surface area contributed by atoms with Crippen molar-refractivity contribution in [2.24, 2.45) is 0 Å². The van der Waals surface area contributed by atoms with E-state index in [1.807, 2.05) is 27.0 Å². The van der Waals surface area contributed by atoms with Gasteiger partial charge in [-0.25, -0.2) is 4.79 Å². The molecule has 1 aromatic rings. The molecule has 6 nitrogen and oxygen atoms in total. The van der Waals surface area contributed by atoms with Crippen LogP contribution >= 0.6 is 0 Å². The lowest BCUT2D eigenvalue weighted by Crippen LogP contribution is -2.39. The molecule has 0 unspecified atom stereocenters. The van der Waals surface area contributed by atoms with Gasteiger partial charge in [0, 0.05) is 42.5 Å². The molecular formula is C18H32N4O2. The van der Waals surface area contributed by atoms with Crippen LogP contribution < -0.4 is 5.32 Å². The van der Waals surface area contributed by atoms with E-state index in [0.29, 0.717) is 12.6 Å². The molecule has 0 bridgehead atoms. The fourth-order valence-electron chi connectivity index (χ4n) is 3.21. The van der Waals surface area contributed by atoms with Gasteiger partial charge in [-0.15, -0.1) is 0 Å². The smallest absolute Gasteiger partial charge is 0.410 e. The van der Waals surface area contributed by atoms with Crippen molar-refractivity contribution >= 4 is 6.09 Å². The summed E-state index contributed by atoms with van der Waals surface area (Å²) >= 11 is 0. The Kier molecular flexibility index (Phi) is 5.58. The highest BCUT2D eigenvalue weighted by molar-refractivity contribution is 5.68. The molecule has 2 atom stereocenters. The average Bonchev–Trinajstić information content (AvgIpc) is 3.03. The predicted octanol–water partition coefficient (Wildman–Crippen LogP) is 3.43. The molecule has 1 aliphatic heterocycles. The monoisotopic (exact) mass is 336 g/mol. The van der Waals surface area contributed by atoms with Crippen molar-refractivity contribution in [1.29, 1.82) is 0 Å². The first-order valence-corrected chi connectivity index (χ1v) is 8.86. The van der Waals surface area contributed by atoms with Gasteiger partial charge < -0.3 is 15.0 Å². The second-order valence-electron chi connectivity index (χ2n) is 8.02. The molecule has 2 rings (SSSR count). The second-order valence-corrected chi connectivity index (χ2v) is 8.02. The van der Waals surface area contributed by atoms with Gasteiger partial charge in [0.1, 0.15) is 5.60 Å². The molecule has 0 spiro atoms. The molecule has 1 fully saturated rings. The summed E-state index contributed by atoms with van der Waals surface area (Å²) in [7, 11) is 0. The highest BCUT2D eigenvalue weighted by atomic mass is 16.6. The zero-order chi connectivity index (χ0) is 18.1. The molecule has 1 aliphatic rings. The van der Waals surface area contributed by atoms with Crippen molar-refractivity contribution in [3.63, 3.8) is 0 Å². The van der Waals surface area contributed by atoms with Gasteiger partial charge in [0.2, 0.25) is 0 Å². The molecule has 0 aromatic carbocycles. The van der Waals surface area contributed by atoms with Gasteiger partial charge in [-0.05, 0) is 54.9 Å². The summed E-state index contributed by atoms with van der Waals surface area (Å²) < 4.78 is 7.51. The van der Waals surface area contributed by atoms with E-state index in [1.165, 1.54) is 11.3 Å². The summed E-state index contributed by atoms with van der Waals surface area (Å²) in [6.07, 6.45) is 2.68. The van der Waals surface area contributed by atoms with Crippen LogP contribution in [0.2, 0.25) is 0 Å². The molecule has 1 saturated heterocycles. The molecule has 136 valence electrons. The van der Waals surface area contributed by atoms with Crippen LogP contribution in [0.5, 0.6) is 0 Å². The minimum Gasteiger partial charge on any atom is -0.444 e. The highest BCUT2D eigenvalue weighted by Crippen LogP contribution is 2.22. The molecule has 0 radical (unpaired) electrons. The molecule has 2 heterocycles. The van der Waals surface area contributed by atoms with E-state index in [9.17, 15) is 4.79 Å². The number of nitrogens with zero attached hydrogens (tertiary/aromatic N) is 3. The van der Waals surface area contributed by atoms with Crippen LogP contribution in [0.3, 0.4) is 0 Å². The van der Waals surface area contributed by atoms with Gasteiger partial charge in [0.25, 0.3) is 0 Å². The number of carbonyl (C=O) groups excluding carboxylic acids is 1. The minimum atomic E-state index is -0.446. The zero-order valence-corrected chi connectivity index (χ0v) is 16.1. The Labute approximate surface area is 145 Å². The van der Waals surface area contributed by atoms with Crippen LogP contribution in [0, 0.1) is 6.92 Å². The van der Waals surface area contributed by atoms with Crippen LogP contribution in [-0.4, -0.2) is 45.5 Å². The topological polar surface area (TPSA) is 59.4 Å². The van der Waals surface area contributed by atoms with E-state index >= 15 is 0 Å². The Morgan fingerprint density at radius 2 is 2.04 bits per heavy atom. The maximum atomic E-state index is 12.2. The fraction of sp³-hybridized carbons (Fsp3) is 0.778. The molecule has 6 heteroatoms. The predicted molar refractivity (Wildman–Crippen MR) is 95.1 cm³/mol. The first kappa shape index (κ1) is 18.8. The van der Waals surface area contributed by atoms with E-state index in [2.05, 4.69) is 42.8 Å². The second kappa shape index (κ2) is 7.13. The third-order valence-corrected chi connectivity index (χ3v) is 4.36. The largest absolute Gasteiger partial charge is 0.444 e. The number of carbonyl (C=O) groups is 1. The number of rotatable bonds is 4. The lowest BCUT2D eigenvalue weighted by molar-refractivity contribution is 0.0290. The lowest BCUT2D eigenvalue weighted by Gasteiger charge is -2.25. The van der Waals surface area contributed by atoms with E-state index < -0.39 is 5.60 Å². The quantitative estimate of drug-likeness (QED) is 0.915. The third kappa shape index (κ3) is 4.50. The summed E-state index contributed by atoms with van der Waals surface area (Å²) in [6, 6.07) is 0.857. The van der Waals surface area contributed by atoms with Gasteiger partial charge in [-0.1, -0.05) is 0 Å². The zero-order valence-electron chi connectivity index (χ0n) is 16.1. The minimum absolute atomic E-state index is 0.209. The SMILES string of the molecule is Cc1c([C@H](C)N[C@@H]2CCN(C(=O)OC(C)(C)C)C2)cnn1C(C)C. The van der Waals surface area contributed by atoms with E-state index in [0.717, 1.165) is 13.0 Å². The standard InChI is InChI=1S/C18H32N4O2/c1-12(2)22-14(4)16(10-19-22)13(3)20-15-8-9-21(11-15)17(23)24-18(5,6)7/h10,12-13,15,20H,8-9,11H2,1-7H3/t13-,15+/m0/s1. The van der Waals surface area contributed by atoms with Crippen LogP contribution in [0.1, 0.15) is 71.3 Å². The molecule has 0 aliphatic carbocycles. The van der Waals surface area contributed by atoms with E-state index in [4.69, 9.17) is 4.74 Å². The van der Waals surface area contributed by atoms with Crippen molar-refractivity contribution in [3.8, 4) is 0 Å². The number of hydrogen-bond donors (Lipinski definition) is 1. The summed E-state index contributed by atoms with van der Waals surface area (Å²) in [4.78, 5) is 13.9. The van der Waals surface area contributed by atoms with E-state index in [-0.39, 0.29) is 18.2 Å². The molecule has 0 saturated carbocycles. The van der Waals surface area contributed by atoms with Gasteiger partial charge in [0.15, 0.2) is 0 Å². The fourth-order valence-corrected chi connectivity index (χ4v) is 3.21. The highest BCUT2D eigenvalue weighted by Gasteiger charge is 2.30. The van der Waals surface area contributed by atoms with Gasteiger partial charge in [-0.2, -0.15) is 5.10 Å². The molecule has 24 heavy (non-hydrogen) atoms. The van der Waals surface area contributed by atoms with Crippen molar-refractivity contribution in [2.45, 2.75) is 78.6 Å². The number of likely N-dealkylation sites (tertiary alicyclic amines) is 1. The van der Waals surface area contributed by atoms with Gasteiger partial charge >= 0.3 is 6.09 Å². The number of aromatic nitrogens is 2. The Balaban J connectivity index is 1.92. The van der Waals surface area contributed by atoms with Gasteiger partial charge in [-0.3, -0.25) is 4.68 Å². The van der Waals surface area contributed by atoms with Crippen LogP contribution in [-0.2, 0) is 4.74 Å². The summed E-state index contributed by atoms with van der Waals surface area (Å²) in [5, 5.41) is 8.12. The number of hydrogen-bond acceptors (Lipinski definition) is 4. The molecule has 1 amide bonds. The lowest BCUT2D eigenvalue weighted by atomic mass is 10.1. The van der Waals surface area contributed by atoms with Crippen molar-refractivity contribution in [2.75, 3.05) is 13.1 Å². The third-order valence-electron chi connectivity index (χ3n) is 4.36. The number of ether oxygens (including phenoxy) is 1. The van der Waals surface area contributed by atoms with Crippen molar-refractivity contribution in [1.82, 2.24) is 20.0 Å². The summed E-state index contributed by atoms with van der Waals surface area (Å²) in [5.41, 5.74) is 1.98. The maximum absolute atomic E-state index is 12.2. The van der Waals surface area contributed by atoms with Crippen molar-refractivity contribution in [3.05, 3.63) is 17.5 Å². The van der Waals surface area contributed by atoms with Crippen LogP contribution in [0.4, 0.5) is 4.79 Å². The first-order chi connectivity index (χ1) is 11.1. The van der Waals surface area contributed by atoms with Gasteiger partial charge in [0.05, 0.1) is 6.20 Å². The maximum Gasteiger partial charge on any atom is 0.410 e. The first-order valence-electron chi connectivity index (χ1n) is 8.86. The van der Waals surface area contributed by atoms with Crippen molar-refractivity contribution < 1.29 is 9.53 Å². The Bertz CT molecular complexity index is 574. The number of nitrogens with one attached hydrogen (secondary N) is 1. The molecule has 1 aromatic heterocycles. The molecular weight excluding hydrogens is 304 g/mol. The average molecular weight is 336 g/mol. The molecule has 1 N–H and O–H groups in total. The number of amides is 1. The summed E-state index contributed by atoms with van der Waals surface area (Å²) in [5.74, 6) is 0. The summed E-state index contributed by atoms with van der Waals surface area (Å²) in [6.45, 7) is 15.7. The Morgan fingerprint density at radius 1 is 1.38 bits per heavy atom. The van der Waals surface area contributed by atoms with Crippen LogP contribution in [0.25, 0.3) is 0 Å². The Hall–Kier alpha value is -1.56.